The Morgan fingerprint density at radius 2 is 1.94 bits per heavy atom. The molecule has 2 aliphatic rings. The van der Waals surface area contributed by atoms with Crippen molar-refractivity contribution >= 4 is 11.9 Å². The standard InChI is InChI=1S/C7H13NO2.C2H2O4/c9-2-1-8-4-7-3-6(8)5-10-7;3-1(4)2(5)6/h6-7,9H,1-5H2;(H,3,4)(H,5,6). The van der Waals surface area contributed by atoms with Crippen molar-refractivity contribution in [2.75, 3.05) is 26.3 Å². The van der Waals surface area contributed by atoms with Crippen LogP contribution in [0.2, 0.25) is 0 Å². The summed E-state index contributed by atoms with van der Waals surface area (Å²) in [6, 6.07) is 0.608. The molecule has 2 rings (SSSR count). The van der Waals surface area contributed by atoms with Crippen molar-refractivity contribution in [1.82, 2.24) is 4.90 Å². The Morgan fingerprint density at radius 3 is 2.25 bits per heavy atom. The van der Waals surface area contributed by atoms with Crippen LogP contribution in [0.4, 0.5) is 0 Å². The van der Waals surface area contributed by atoms with Gasteiger partial charge < -0.3 is 20.1 Å². The van der Waals surface area contributed by atoms with Gasteiger partial charge in [0.25, 0.3) is 0 Å². The lowest BCUT2D eigenvalue weighted by Crippen LogP contribution is -2.38. The molecule has 2 saturated heterocycles. The molecule has 0 amide bonds. The van der Waals surface area contributed by atoms with Crippen LogP contribution in [-0.4, -0.2) is 70.6 Å². The molecule has 0 radical (unpaired) electrons. The van der Waals surface area contributed by atoms with Gasteiger partial charge in [-0.2, -0.15) is 0 Å². The minimum absolute atomic E-state index is 0.281. The van der Waals surface area contributed by atoms with E-state index < -0.39 is 11.9 Å². The molecule has 2 heterocycles. The van der Waals surface area contributed by atoms with Crippen LogP contribution in [0.5, 0.6) is 0 Å². The largest absolute Gasteiger partial charge is 0.473 e. The lowest BCUT2D eigenvalue weighted by Gasteiger charge is -2.25. The Hall–Kier alpha value is -1.18. The van der Waals surface area contributed by atoms with Crippen LogP contribution in [0.1, 0.15) is 6.42 Å². The van der Waals surface area contributed by atoms with Gasteiger partial charge in [-0.1, -0.05) is 0 Å². The minimum Gasteiger partial charge on any atom is -0.473 e. The molecule has 92 valence electrons. The Labute approximate surface area is 92.2 Å². The summed E-state index contributed by atoms with van der Waals surface area (Å²) in [6.45, 7) is 3.02. The molecule has 0 aliphatic carbocycles. The second kappa shape index (κ2) is 5.78. The van der Waals surface area contributed by atoms with Crippen molar-refractivity contribution in [2.24, 2.45) is 0 Å². The number of morpholine rings is 1. The van der Waals surface area contributed by atoms with Gasteiger partial charge in [-0.25, -0.2) is 9.59 Å². The van der Waals surface area contributed by atoms with Gasteiger partial charge in [0.05, 0.1) is 19.3 Å². The number of likely N-dealkylation sites (tertiary alicyclic amines) is 1. The average Bonchev–Trinajstić information content (AvgIpc) is 2.80. The van der Waals surface area contributed by atoms with E-state index in [4.69, 9.17) is 29.6 Å². The summed E-state index contributed by atoms with van der Waals surface area (Å²) in [7, 11) is 0. The summed E-state index contributed by atoms with van der Waals surface area (Å²) in [6.07, 6.45) is 1.65. The van der Waals surface area contributed by atoms with Gasteiger partial charge in [0, 0.05) is 19.1 Å². The van der Waals surface area contributed by atoms with Gasteiger partial charge in [-0.15, -0.1) is 0 Å². The second-order valence-electron chi connectivity index (χ2n) is 3.67. The highest BCUT2D eigenvalue weighted by molar-refractivity contribution is 6.27. The van der Waals surface area contributed by atoms with Gasteiger partial charge >= 0.3 is 11.9 Å². The number of ether oxygens (including phenoxy) is 1. The van der Waals surface area contributed by atoms with Crippen molar-refractivity contribution in [3.63, 3.8) is 0 Å². The molecular formula is C9H15NO6. The highest BCUT2D eigenvalue weighted by Gasteiger charge is 2.38. The Bertz CT molecular complexity index is 257. The molecule has 0 aromatic carbocycles. The average molecular weight is 233 g/mol. The first-order valence-corrected chi connectivity index (χ1v) is 4.97. The van der Waals surface area contributed by atoms with E-state index in [1.54, 1.807) is 0 Å². The van der Waals surface area contributed by atoms with Crippen molar-refractivity contribution < 1.29 is 29.6 Å². The van der Waals surface area contributed by atoms with Crippen molar-refractivity contribution in [1.29, 1.82) is 0 Å². The molecule has 0 spiro atoms. The topological polar surface area (TPSA) is 107 Å². The number of rotatable bonds is 2. The van der Waals surface area contributed by atoms with Crippen LogP contribution in [0.3, 0.4) is 0 Å². The fraction of sp³-hybridized carbons (Fsp3) is 0.778. The number of carbonyl (C=O) groups is 2. The number of hydrogen-bond acceptors (Lipinski definition) is 5. The normalized spacial score (nSPS) is 27.3. The maximum absolute atomic E-state index is 9.10. The Morgan fingerprint density at radius 1 is 1.31 bits per heavy atom. The molecule has 16 heavy (non-hydrogen) atoms. The molecular weight excluding hydrogens is 218 g/mol. The van der Waals surface area contributed by atoms with Crippen LogP contribution in [0, 0.1) is 0 Å². The molecule has 2 bridgehead atoms. The third kappa shape index (κ3) is 3.44. The molecule has 0 aromatic heterocycles. The molecule has 7 nitrogen and oxygen atoms in total. The molecule has 3 N–H and O–H groups in total. The van der Waals surface area contributed by atoms with Crippen LogP contribution in [0.25, 0.3) is 0 Å². The van der Waals surface area contributed by atoms with E-state index in [0.29, 0.717) is 12.1 Å². The molecule has 2 unspecified atom stereocenters. The minimum atomic E-state index is -1.82. The zero-order valence-corrected chi connectivity index (χ0v) is 8.70. The van der Waals surface area contributed by atoms with E-state index in [2.05, 4.69) is 4.90 Å². The molecule has 7 heteroatoms. The van der Waals surface area contributed by atoms with Gasteiger partial charge in [-0.05, 0) is 6.42 Å². The van der Waals surface area contributed by atoms with E-state index in [1.165, 1.54) is 6.42 Å². The van der Waals surface area contributed by atoms with Crippen molar-refractivity contribution in [3.8, 4) is 0 Å². The summed E-state index contributed by atoms with van der Waals surface area (Å²) < 4.78 is 5.41. The zero-order valence-electron chi connectivity index (χ0n) is 8.70. The van der Waals surface area contributed by atoms with Gasteiger partial charge in [0.2, 0.25) is 0 Å². The second-order valence-corrected chi connectivity index (χ2v) is 3.67. The third-order valence-electron chi connectivity index (χ3n) is 2.58. The van der Waals surface area contributed by atoms with Crippen LogP contribution >= 0.6 is 0 Å². The highest BCUT2D eigenvalue weighted by Crippen LogP contribution is 2.26. The summed E-state index contributed by atoms with van der Waals surface area (Å²) >= 11 is 0. The number of carboxylic acids is 2. The fourth-order valence-electron chi connectivity index (χ4n) is 1.88. The number of fused-ring (bicyclic) bond motifs is 2. The number of aliphatic hydroxyl groups excluding tert-OH is 1. The molecule has 0 aromatic rings. The van der Waals surface area contributed by atoms with E-state index in [0.717, 1.165) is 19.7 Å². The summed E-state index contributed by atoms with van der Waals surface area (Å²) in [5.74, 6) is -3.65. The van der Waals surface area contributed by atoms with Gasteiger partial charge in [0.1, 0.15) is 0 Å². The summed E-state index contributed by atoms with van der Waals surface area (Å²) in [5.41, 5.74) is 0. The monoisotopic (exact) mass is 233 g/mol. The van der Waals surface area contributed by atoms with E-state index in [-0.39, 0.29) is 6.61 Å². The first-order chi connectivity index (χ1) is 7.54. The highest BCUT2D eigenvalue weighted by atomic mass is 16.5. The third-order valence-corrected chi connectivity index (χ3v) is 2.58. The van der Waals surface area contributed by atoms with Gasteiger partial charge in [-0.3, -0.25) is 4.90 Å². The number of hydrogen-bond donors (Lipinski definition) is 3. The Balaban J connectivity index is 0.000000187. The lowest BCUT2D eigenvalue weighted by molar-refractivity contribution is -0.159. The molecule has 2 aliphatic heterocycles. The maximum atomic E-state index is 9.10. The predicted molar refractivity (Wildman–Crippen MR) is 52.1 cm³/mol. The van der Waals surface area contributed by atoms with Crippen LogP contribution < -0.4 is 0 Å². The summed E-state index contributed by atoms with van der Waals surface area (Å²) in [4.78, 5) is 20.5. The first-order valence-electron chi connectivity index (χ1n) is 4.97. The SMILES string of the molecule is O=C(O)C(=O)O.OCCN1CC2CC1CO2. The first kappa shape index (κ1) is 12.9. The number of carboxylic acid groups (broad SMARTS) is 2. The quantitative estimate of drug-likeness (QED) is 0.504. The van der Waals surface area contributed by atoms with Crippen LogP contribution in [-0.2, 0) is 14.3 Å². The van der Waals surface area contributed by atoms with Crippen molar-refractivity contribution in [2.45, 2.75) is 18.6 Å². The lowest BCUT2D eigenvalue weighted by atomic mass is 10.2. The number of nitrogens with zero attached hydrogens (tertiary/aromatic N) is 1. The maximum Gasteiger partial charge on any atom is 0.414 e. The number of aliphatic hydroxyl groups is 1. The summed E-state index contributed by atoms with van der Waals surface area (Å²) in [5, 5.41) is 23.5. The predicted octanol–water partition coefficient (Wildman–Crippen LogP) is -1.39. The van der Waals surface area contributed by atoms with Crippen molar-refractivity contribution in [3.05, 3.63) is 0 Å². The van der Waals surface area contributed by atoms with E-state index in [1.807, 2.05) is 0 Å². The van der Waals surface area contributed by atoms with E-state index >= 15 is 0 Å². The number of aliphatic carboxylic acids is 2. The zero-order chi connectivity index (χ0) is 12.1. The smallest absolute Gasteiger partial charge is 0.414 e. The molecule has 0 saturated carbocycles. The van der Waals surface area contributed by atoms with Crippen LogP contribution in [0.15, 0.2) is 0 Å². The van der Waals surface area contributed by atoms with E-state index in [9.17, 15) is 0 Å². The Kier molecular flexibility index (Phi) is 4.66. The van der Waals surface area contributed by atoms with Gasteiger partial charge in [0.15, 0.2) is 0 Å². The molecule has 2 fully saturated rings. The number of β-amino-alcohol motifs (C(OH)–C–C–N with tert-alkyl or cyclic N) is 1. The molecule has 2 atom stereocenters. The fourth-order valence-corrected chi connectivity index (χ4v) is 1.88.